The highest BCUT2D eigenvalue weighted by atomic mass is 79.9. The lowest BCUT2D eigenvalue weighted by atomic mass is 9.81. The van der Waals surface area contributed by atoms with Crippen molar-refractivity contribution in [3.05, 3.63) is 158 Å². The first-order valence-corrected chi connectivity index (χ1v) is 17.6. The first kappa shape index (κ1) is 34.7. The molecule has 5 aromatic rings. The summed E-state index contributed by atoms with van der Waals surface area (Å²) in [4.78, 5) is 19.8. The van der Waals surface area contributed by atoms with E-state index in [4.69, 9.17) is 42.8 Å². The lowest BCUT2D eigenvalue weighted by Gasteiger charge is -2.31. The van der Waals surface area contributed by atoms with Crippen molar-refractivity contribution in [1.82, 2.24) is 5.32 Å². The highest BCUT2D eigenvalue weighted by Crippen LogP contribution is 2.44. The van der Waals surface area contributed by atoms with E-state index >= 15 is 0 Å². The third-order valence-electron chi connectivity index (χ3n) is 8.46. The fourth-order valence-corrected chi connectivity index (χ4v) is 6.81. The van der Waals surface area contributed by atoms with Crippen molar-refractivity contribution >= 4 is 50.9 Å². The molecule has 0 aliphatic carbocycles. The highest BCUT2D eigenvalue weighted by Gasteiger charge is 2.53. The van der Waals surface area contributed by atoms with Gasteiger partial charge in [-0.05, 0) is 76.7 Å². The number of ether oxygens (including phenoxy) is 2. The molecule has 5 aromatic carbocycles. The Morgan fingerprint density at radius 3 is 2.27 bits per heavy atom. The van der Waals surface area contributed by atoms with Gasteiger partial charge in [-0.15, -0.1) is 0 Å². The number of nitrogens with one attached hydrogen (secondary N) is 1. The monoisotopic (exact) mass is 756 g/mol. The summed E-state index contributed by atoms with van der Waals surface area (Å²) in [5.74, 6) is 0.772. The van der Waals surface area contributed by atoms with E-state index < -0.39 is 11.6 Å². The van der Waals surface area contributed by atoms with Crippen LogP contribution in [0.1, 0.15) is 34.8 Å². The molecule has 0 unspecified atom stereocenters. The number of hydrogen-bond donors (Lipinski definition) is 2. The van der Waals surface area contributed by atoms with E-state index in [0.717, 1.165) is 37.9 Å². The van der Waals surface area contributed by atoms with Crippen molar-refractivity contribution in [1.29, 1.82) is 0 Å². The molecule has 0 radical (unpaired) electrons. The second-order valence-corrected chi connectivity index (χ2v) is 13.5. The van der Waals surface area contributed by atoms with Gasteiger partial charge in [-0.1, -0.05) is 118 Å². The maximum atomic E-state index is 14.7. The standard InChI is InChI=1S/C40H35BrCl2N2O4/c41-35-10-5-4-9-32(35)26-40(39(47)44-22-21-29-15-18-33(42)25-36(29)43)37(30-13-11-28(12-14-30)27-7-2-1-3-8-27)49-38(45-40)31-16-19-34(20-17-31)48-24-6-23-46/h1-5,7-20,25,37,46H,6,21-24,26H2,(H,44,47)/t37-,40-/m1/s1. The van der Waals surface area contributed by atoms with Crippen molar-refractivity contribution in [3.63, 3.8) is 0 Å². The van der Waals surface area contributed by atoms with Crippen molar-refractivity contribution in [2.24, 2.45) is 4.99 Å². The zero-order valence-corrected chi connectivity index (χ0v) is 29.7. The molecule has 0 fully saturated rings. The average molecular weight is 759 g/mol. The Balaban J connectivity index is 1.38. The normalized spacial score (nSPS) is 16.9. The van der Waals surface area contributed by atoms with E-state index in [9.17, 15) is 4.79 Å². The molecular weight excluding hydrogens is 723 g/mol. The lowest BCUT2D eigenvalue weighted by molar-refractivity contribution is -0.128. The van der Waals surface area contributed by atoms with Crippen LogP contribution in [0.15, 0.2) is 131 Å². The molecule has 1 heterocycles. The van der Waals surface area contributed by atoms with Crippen LogP contribution in [0, 0.1) is 0 Å². The number of amides is 1. The molecule has 250 valence electrons. The second-order valence-electron chi connectivity index (χ2n) is 11.8. The Hall–Kier alpha value is -4.14. The maximum absolute atomic E-state index is 14.7. The number of halogens is 3. The SMILES string of the molecule is O=C(NCCc1ccc(Cl)cc1Cl)[C@]1(Cc2ccccc2Br)N=C(c2ccc(OCCCO)cc2)O[C@@H]1c1ccc(-c2ccccc2)cc1. The Kier molecular flexibility index (Phi) is 11.4. The molecular formula is C40H35BrCl2N2O4. The smallest absolute Gasteiger partial charge is 0.252 e. The van der Waals surface area contributed by atoms with Gasteiger partial charge in [0.25, 0.3) is 5.91 Å². The van der Waals surface area contributed by atoms with Crippen LogP contribution in [-0.4, -0.2) is 42.2 Å². The minimum absolute atomic E-state index is 0.0604. The van der Waals surface area contributed by atoms with Crippen molar-refractivity contribution in [2.75, 3.05) is 19.8 Å². The molecule has 0 spiro atoms. The third kappa shape index (κ3) is 8.19. The largest absolute Gasteiger partial charge is 0.494 e. The zero-order valence-electron chi connectivity index (χ0n) is 26.6. The molecule has 0 saturated carbocycles. The minimum atomic E-state index is -1.35. The van der Waals surface area contributed by atoms with E-state index in [-0.39, 0.29) is 18.9 Å². The number of carbonyl (C=O) groups is 1. The van der Waals surface area contributed by atoms with Gasteiger partial charge in [0.15, 0.2) is 11.6 Å². The topological polar surface area (TPSA) is 80.2 Å². The van der Waals surface area contributed by atoms with Gasteiger partial charge in [0.1, 0.15) is 5.75 Å². The van der Waals surface area contributed by atoms with E-state index in [1.807, 2.05) is 97.1 Å². The van der Waals surface area contributed by atoms with Gasteiger partial charge in [-0.25, -0.2) is 4.99 Å². The number of aliphatic hydroxyl groups is 1. The van der Waals surface area contributed by atoms with Gasteiger partial charge >= 0.3 is 0 Å². The Labute approximate surface area is 304 Å². The summed E-state index contributed by atoms with van der Waals surface area (Å²) in [7, 11) is 0. The molecule has 9 heteroatoms. The van der Waals surface area contributed by atoms with Crippen LogP contribution in [0.4, 0.5) is 0 Å². The zero-order chi connectivity index (χ0) is 34.2. The quantitative estimate of drug-likeness (QED) is 0.118. The van der Waals surface area contributed by atoms with Crippen LogP contribution in [0.3, 0.4) is 0 Å². The van der Waals surface area contributed by atoms with Gasteiger partial charge in [0, 0.05) is 46.1 Å². The highest BCUT2D eigenvalue weighted by molar-refractivity contribution is 9.10. The second kappa shape index (κ2) is 16.0. The number of aliphatic imine (C=N–C) groups is 1. The number of carbonyl (C=O) groups excluding carboxylic acids is 1. The molecule has 0 aromatic heterocycles. The van der Waals surface area contributed by atoms with Crippen molar-refractivity contribution in [3.8, 4) is 16.9 Å². The first-order valence-electron chi connectivity index (χ1n) is 16.1. The van der Waals surface area contributed by atoms with Gasteiger partial charge in [-0.3, -0.25) is 4.79 Å². The summed E-state index contributed by atoms with van der Waals surface area (Å²) in [6, 6.07) is 38.9. The summed E-state index contributed by atoms with van der Waals surface area (Å²) >= 11 is 16.3. The molecule has 1 aliphatic rings. The fraction of sp³-hybridized carbons (Fsp3) is 0.200. The summed E-state index contributed by atoms with van der Waals surface area (Å²) in [6.07, 6.45) is 0.593. The van der Waals surface area contributed by atoms with E-state index in [1.165, 1.54) is 0 Å². The molecule has 6 nitrogen and oxygen atoms in total. The van der Waals surface area contributed by atoms with Crippen molar-refractivity contribution < 1.29 is 19.4 Å². The van der Waals surface area contributed by atoms with Crippen LogP contribution in [-0.2, 0) is 22.4 Å². The molecule has 0 saturated heterocycles. The summed E-state index contributed by atoms with van der Waals surface area (Å²) in [5.41, 5.74) is 4.14. The van der Waals surface area contributed by atoms with Crippen LogP contribution < -0.4 is 10.1 Å². The maximum Gasteiger partial charge on any atom is 0.252 e. The Morgan fingerprint density at radius 2 is 1.55 bits per heavy atom. The summed E-state index contributed by atoms with van der Waals surface area (Å²) < 4.78 is 13.3. The summed E-state index contributed by atoms with van der Waals surface area (Å²) in [5, 5.41) is 13.4. The van der Waals surface area contributed by atoms with Crippen LogP contribution in [0.2, 0.25) is 10.0 Å². The number of benzene rings is 5. The lowest BCUT2D eigenvalue weighted by Crippen LogP contribution is -2.50. The summed E-state index contributed by atoms with van der Waals surface area (Å²) in [6.45, 7) is 0.804. The predicted molar refractivity (Wildman–Crippen MR) is 200 cm³/mol. The molecule has 2 atom stereocenters. The van der Waals surface area contributed by atoms with Crippen LogP contribution in [0.25, 0.3) is 11.1 Å². The molecule has 1 amide bonds. The number of hydrogen-bond acceptors (Lipinski definition) is 5. The Bertz CT molecular complexity index is 1920. The third-order valence-corrected chi connectivity index (χ3v) is 9.82. The minimum Gasteiger partial charge on any atom is -0.494 e. The Morgan fingerprint density at radius 1 is 0.857 bits per heavy atom. The fourth-order valence-electron chi connectivity index (χ4n) is 5.88. The van der Waals surface area contributed by atoms with Gasteiger partial charge in [0.2, 0.25) is 5.90 Å². The molecule has 1 aliphatic heterocycles. The predicted octanol–water partition coefficient (Wildman–Crippen LogP) is 9.04. The molecule has 2 N–H and O–H groups in total. The van der Waals surface area contributed by atoms with Gasteiger partial charge in [-0.2, -0.15) is 0 Å². The van der Waals surface area contributed by atoms with E-state index in [2.05, 4.69) is 33.4 Å². The average Bonchev–Trinajstić information content (AvgIpc) is 3.51. The number of aliphatic hydroxyl groups excluding tert-OH is 1. The van der Waals surface area contributed by atoms with Crippen LogP contribution in [0.5, 0.6) is 5.75 Å². The van der Waals surface area contributed by atoms with E-state index in [1.54, 1.807) is 12.1 Å². The molecule has 6 rings (SSSR count). The number of rotatable bonds is 13. The molecule has 49 heavy (non-hydrogen) atoms. The van der Waals surface area contributed by atoms with Crippen LogP contribution >= 0.6 is 39.1 Å². The molecule has 0 bridgehead atoms. The van der Waals surface area contributed by atoms with Gasteiger partial charge in [0.05, 0.1) is 6.61 Å². The van der Waals surface area contributed by atoms with Gasteiger partial charge < -0.3 is 19.9 Å². The van der Waals surface area contributed by atoms with Crippen molar-refractivity contribution in [2.45, 2.75) is 30.9 Å². The number of nitrogens with zero attached hydrogens (tertiary/aromatic N) is 1. The van der Waals surface area contributed by atoms with E-state index in [0.29, 0.717) is 47.7 Å². The first-order chi connectivity index (χ1) is 23.9.